The van der Waals surface area contributed by atoms with E-state index in [4.69, 9.17) is 4.99 Å². The van der Waals surface area contributed by atoms with Gasteiger partial charge in [0, 0.05) is 32.7 Å². The van der Waals surface area contributed by atoms with Crippen molar-refractivity contribution < 1.29 is 0 Å². The van der Waals surface area contributed by atoms with Crippen LogP contribution in [0, 0.1) is 0 Å². The molecule has 0 amide bonds. The second kappa shape index (κ2) is 15.1. The molecule has 0 radical (unpaired) electrons. The van der Waals surface area contributed by atoms with Gasteiger partial charge in [-0.05, 0) is 64.9 Å². The van der Waals surface area contributed by atoms with Crippen LogP contribution in [0.5, 0.6) is 0 Å². The molecule has 1 heterocycles. The highest BCUT2D eigenvalue weighted by atomic mass is 127. The minimum atomic E-state index is 0. The lowest BCUT2D eigenvalue weighted by molar-refractivity contribution is 0.274. The van der Waals surface area contributed by atoms with Crippen molar-refractivity contribution in [2.75, 3.05) is 59.4 Å². The first kappa shape index (κ1) is 24.2. The van der Waals surface area contributed by atoms with Gasteiger partial charge in [-0.15, -0.1) is 24.0 Å². The van der Waals surface area contributed by atoms with Gasteiger partial charge in [-0.3, -0.25) is 4.99 Å². The van der Waals surface area contributed by atoms with Crippen LogP contribution < -0.4 is 10.6 Å². The smallest absolute Gasteiger partial charge is 0.191 e. The topological polar surface area (TPSA) is 42.9 Å². The van der Waals surface area contributed by atoms with E-state index in [9.17, 15) is 0 Å². The van der Waals surface area contributed by atoms with Crippen LogP contribution in [-0.4, -0.2) is 75.2 Å². The third-order valence-corrected chi connectivity index (χ3v) is 4.84. The Hall–Kier alpha value is -0.860. The molecule has 1 aliphatic heterocycles. The van der Waals surface area contributed by atoms with Crippen LogP contribution in [0.4, 0.5) is 0 Å². The summed E-state index contributed by atoms with van der Waals surface area (Å²) in [5, 5.41) is 6.84. The third kappa shape index (κ3) is 10.9. The first-order valence-electron chi connectivity index (χ1n) is 10.2. The SMILES string of the molecule is CCNC(=NCCCc1ccccc1)NCCCN1CCCN(C)CC1.I. The Labute approximate surface area is 183 Å². The van der Waals surface area contributed by atoms with Gasteiger partial charge in [0.1, 0.15) is 0 Å². The van der Waals surface area contributed by atoms with E-state index in [2.05, 4.69) is 64.7 Å². The van der Waals surface area contributed by atoms with Crippen LogP contribution >= 0.6 is 24.0 Å². The highest BCUT2D eigenvalue weighted by molar-refractivity contribution is 14.0. The van der Waals surface area contributed by atoms with Crippen LogP contribution in [-0.2, 0) is 6.42 Å². The molecule has 0 atom stereocenters. The average Bonchev–Trinajstić information content (AvgIpc) is 2.87. The number of guanidine groups is 1. The van der Waals surface area contributed by atoms with Gasteiger partial charge in [0.15, 0.2) is 5.96 Å². The fraction of sp³-hybridized carbons (Fsp3) is 0.667. The van der Waals surface area contributed by atoms with E-state index >= 15 is 0 Å². The summed E-state index contributed by atoms with van der Waals surface area (Å²) < 4.78 is 0. The van der Waals surface area contributed by atoms with Crippen molar-refractivity contribution in [1.82, 2.24) is 20.4 Å². The molecule has 0 aromatic heterocycles. The summed E-state index contributed by atoms with van der Waals surface area (Å²) in [6, 6.07) is 10.7. The van der Waals surface area contributed by atoms with Gasteiger partial charge in [-0.1, -0.05) is 30.3 Å². The standard InChI is InChI=1S/C21H37N5.HI/c1-3-22-21(23-13-7-12-20-10-5-4-6-11-20)24-14-8-16-26-17-9-15-25(2)18-19-26;/h4-6,10-11H,3,7-9,12-19H2,1-2H3,(H2,22,23,24);1H. The number of halogens is 1. The first-order valence-corrected chi connectivity index (χ1v) is 10.2. The van der Waals surface area contributed by atoms with E-state index in [1.807, 2.05) is 0 Å². The minimum Gasteiger partial charge on any atom is -0.357 e. The third-order valence-electron chi connectivity index (χ3n) is 4.84. The summed E-state index contributed by atoms with van der Waals surface area (Å²) in [5.41, 5.74) is 1.39. The molecule has 0 aliphatic carbocycles. The van der Waals surface area contributed by atoms with E-state index in [1.54, 1.807) is 0 Å². The Bertz CT molecular complexity index is 509. The summed E-state index contributed by atoms with van der Waals surface area (Å²) >= 11 is 0. The Morgan fingerprint density at radius 1 is 1.04 bits per heavy atom. The Balaban J connectivity index is 0.00000364. The van der Waals surface area contributed by atoms with Crippen molar-refractivity contribution >= 4 is 29.9 Å². The summed E-state index contributed by atoms with van der Waals surface area (Å²) in [6.45, 7) is 10.9. The highest BCUT2D eigenvalue weighted by Crippen LogP contribution is 2.03. The molecule has 27 heavy (non-hydrogen) atoms. The number of nitrogens with zero attached hydrogens (tertiary/aromatic N) is 3. The first-order chi connectivity index (χ1) is 12.8. The largest absolute Gasteiger partial charge is 0.357 e. The van der Waals surface area contributed by atoms with Gasteiger partial charge in [-0.2, -0.15) is 0 Å². The van der Waals surface area contributed by atoms with Crippen LogP contribution in [0.1, 0.15) is 31.7 Å². The molecular weight excluding hydrogens is 449 g/mol. The van der Waals surface area contributed by atoms with Crippen LogP contribution in [0.2, 0.25) is 0 Å². The summed E-state index contributed by atoms with van der Waals surface area (Å²) in [5.74, 6) is 0.955. The molecule has 154 valence electrons. The maximum atomic E-state index is 4.71. The lowest BCUT2D eigenvalue weighted by atomic mass is 10.1. The van der Waals surface area contributed by atoms with E-state index in [-0.39, 0.29) is 24.0 Å². The maximum Gasteiger partial charge on any atom is 0.191 e. The van der Waals surface area contributed by atoms with E-state index < -0.39 is 0 Å². The fourth-order valence-corrected chi connectivity index (χ4v) is 3.29. The van der Waals surface area contributed by atoms with Crippen molar-refractivity contribution in [2.24, 2.45) is 4.99 Å². The zero-order valence-electron chi connectivity index (χ0n) is 17.1. The Kier molecular flexibility index (Phi) is 13.5. The Morgan fingerprint density at radius 3 is 2.63 bits per heavy atom. The second-order valence-corrected chi connectivity index (χ2v) is 7.13. The van der Waals surface area contributed by atoms with Gasteiger partial charge in [0.05, 0.1) is 0 Å². The normalized spacial score (nSPS) is 16.4. The van der Waals surface area contributed by atoms with Gasteiger partial charge >= 0.3 is 0 Å². The zero-order chi connectivity index (χ0) is 18.5. The zero-order valence-corrected chi connectivity index (χ0v) is 19.5. The molecule has 1 saturated heterocycles. The number of benzene rings is 1. The predicted octanol–water partition coefficient (Wildman–Crippen LogP) is 2.82. The molecule has 0 bridgehead atoms. The number of likely N-dealkylation sites (N-methyl/N-ethyl adjacent to an activating group) is 1. The van der Waals surface area contributed by atoms with Crippen molar-refractivity contribution in [3.63, 3.8) is 0 Å². The summed E-state index contributed by atoms with van der Waals surface area (Å²) in [4.78, 5) is 9.74. The quantitative estimate of drug-likeness (QED) is 0.243. The molecular formula is C21H38IN5. The lowest BCUT2D eigenvalue weighted by Crippen LogP contribution is -2.39. The molecule has 1 aliphatic rings. The Morgan fingerprint density at radius 2 is 1.85 bits per heavy atom. The van der Waals surface area contributed by atoms with Gasteiger partial charge in [0.25, 0.3) is 0 Å². The molecule has 0 saturated carbocycles. The molecule has 1 fully saturated rings. The highest BCUT2D eigenvalue weighted by Gasteiger charge is 2.11. The number of aryl methyl sites for hydroxylation is 1. The fourth-order valence-electron chi connectivity index (χ4n) is 3.29. The lowest BCUT2D eigenvalue weighted by Gasteiger charge is -2.20. The molecule has 0 unspecified atom stereocenters. The number of hydrogen-bond donors (Lipinski definition) is 2. The van der Waals surface area contributed by atoms with E-state index in [1.165, 1.54) is 44.7 Å². The van der Waals surface area contributed by atoms with Crippen molar-refractivity contribution in [3.8, 4) is 0 Å². The number of aliphatic imine (C=N–C) groups is 1. The van der Waals surface area contributed by atoms with Gasteiger partial charge in [-0.25, -0.2) is 0 Å². The second-order valence-electron chi connectivity index (χ2n) is 7.13. The number of nitrogens with one attached hydrogen (secondary N) is 2. The van der Waals surface area contributed by atoms with Crippen molar-refractivity contribution in [3.05, 3.63) is 35.9 Å². The molecule has 0 spiro atoms. The maximum absolute atomic E-state index is 4.71. The molecule has 5 nitrogen and oxygen atoms in total. The molecule has 1 aromatic carbocycles. The molecule has 6 heteroatoms. The van der Waals surface area contributed by atoms with Crippen molar-refractivity contribution in [2.45, 2.75) is 32.6 Å². The monoisotopic (exact) mass is 487 g/mol. The van der Waals surface area contributed by atoms with Crippen LogP contribution in [0.15, 0.2) is 35.3 Å². The average molecular weight is 487 g/mol. The van der Waals surface area contributed by atoms with Crippen LogP contribution in [0.25, 0.3) is 0 Å². The van der Waals surface area contributed by atoms with Gasteiger partial charge in [0.2, 0.25) is 0 Å². The van der Waals surface area contributed by atoms with Crippen LogP contribution in [0.3, 0.4) is 0 Å². The van der Waals surface area contributed by atoms with E-state index in [0.717, 1.165) is 44.9 Å². The number of hydrogen-bond acceptors (Lipinski definition) is 3. The van der Waals surface area contributed by atoms with Crippen molar-refractivity contribution in [1.29, 1.82) is 0 Å². The summed E-state index contributed by atoms with van der Waals surface area (Å²) in [6.07, 6.45) is 4.63. The minimum absolute atomic E-state index is 0. The summed E-state index contributed by atoms with van der Waals surface area (Å²) in [7, 11) is 2.22. The van der Waals surface area contributed by atoms with E-state index in [0.29, 0.717) is 0 Å². The molecule has 1 aromatic rings. The number of rotatable bonds is 9. The predicted molar refractivity (Wildman–Crippen MR) is 127 cm³/mol. The molecule has 2 N–H and O–H groups in total. The van der Waals surface area contributed by atoms with Gasteiger partial charge < -0.3 is 20.4 Å². The molecule has 2 rings (SSSR count).